The number of carbonyl (C=O) groups is 1. The molecule has 1 fully saturated rings. The molecular formula is C19H18N4O2. The lowest BCUT2D eigenvalue weighted by Gasteiger charge is -2.23. The minimum absolute atomic E-state index is 0.122. The first-order chi connectivity index (χ1) is 12.2. The second-order valence-electron chi connectivity index (χ2n) is 6.19. The molecule has 1 aliphatic rings. The first-order valence-electron chi connectivity index (χ1n) is 8.30. The zero-order chi connectivity index (χ0) is 17.2. The van der Waals surface area contributed by atoms with Gasteiger partial charge in [0, 0.05) is 30.9 Å². The smallest absolute Gasteiger partial charge is 0.249 e. The molecular weight excluding hydrogens is 316 g/mol. The van der Waals surface area contributed by atoms with Crippen molar-refractivity contribution >= 4 is 5.91 Å². The van der Waals surface area contributed by atoms with E-state index in [9.17, 15) is 4.79 Å². The molecule has 0 aliphatic carbocycles. The molecule has 126 valence electrons. The van der Waals surface area contributed by atoms with Crippen molar-refractivity contribution in [1.29, 1.82) is 0 Å². The zero-order valence-corrected chi connectivity index (χ0v) is 13.9. The molecule has 1 atom stereocenters. The number of hydrogen-bond acceptors (Lipinski definition) is 5. The number of hydrogen-bond donors (Lipinski definition) is 0. The Bertz CT molecular complexity index is 891. The van der Waals surface area contributed by atoms with E-state index >= 15 is 0 Å². The predicted octanol–water partition coefficient (Wildman–Crippen LogP) is 3.30. The van der Waals surface area contributed by atoms with Crippen molar-refractivity contribution in [3.8, 4) is 11.4 Å². The number of pyridine rings is 1. The zero-order valence-electron chi connectivity index (χ0n) is 13.9. The Morgan fingerprint density at radius 2 is 2.00 bits per heavy atom. The van der Waals surface area contributed by atoms with E-state index in [1.807, 2.05) is 35.2 Å². The minimum Gasteiger partial charge on any atom is -0.337 e. The van der Waals surface area contributed by atoms with Gasteiger partial charge in [0.25, 0.3) is 0 Å². The van der Waals surface area contributed by atoms with Gasteiger partial charge in [-0.2, -0.15) is 4.98 Å². The molecule has 1 aliphatic heterocycles. The maximum absolute atomic E-state index is 12.4. The summed E-state index contributed by atoms with van der Waals surface area (Å²) in [5.41, 5.74) is 3.15. The average Bonchev–Trinajstić information content (AvgIpc) is 3.25. The molecule has 2 aromatic heterocycles. The Morgan fingerprint density at radius 1 is 1.20 bits per heavy atom. The molecule has 1 unspecified atom stereocenters. The largest absolute Gasteiger partial charge is 0.337 e. The molecule has 6 nitrogen and oxygen atoms in total. The Hall–Kier alpha value is -3.02. The molecule has 0 spiro atoms. The van der Waals surface area contributed by atoms with Crippen LogP contribution in [0.2, 0.25) is 0 Å². The van der Waals surface area contributed by atoms with Crippen molar-refractivity contribution in [2.75, 3.05) is 0 Å². The summed E-state index contributed by atoms with van der Waals surface area (Å²) >= 11 is 0. The fourth-order valence-electron chi connectivity index (χ4n) is 3.15. The van der Waals surface area contributed by atoms with E-state index in [1.165, 1.54) is 5.56 Å². The van der Waals surface area contributed by atoms with Crippen LogP contribution in [0.1, 0.15) is 35.9 Å². The number of carbonyl (C=O) groups excluding carboxylic acids is 1. The van der Waals surface area contributed by atoms with Gasteiger partial charge in [-0.3, -0.25) is 9.78 Å². The third-order valence-electron chi connectivity index (χ3n) is 4.60. The number of benzene rings is 1. The van der Waals surface area contributed by atoms with Crippen molar-refractivity contribution < 1.29 is 9.32 Å². The Kier molecular flexibility index (Phi) is 4.01. The van der Waals surface area contributed by atoms with Gasteiger partial charge in [-0.05, 0) is 36.6 Å². The molecule has 0 radical (unpaired) electrons. The molecule has 1 aromatic carbocycles. The molecule has 0 bridgehead atoms. The number of nitrogens with zero attached hydrogens (tertiary/aromatic N) is 4. The molecule has 1 saturated heterocycles. The summed E-state index contributed by atoms with van der Waals surface area (Å²) in [4.78, 5) is 22.7. The van der Waals surface area contributed by atoms with Crippen LogP contribution >= 0.6 is 0 Å². The number of amides is 1. The fourth-order valence-corrected chi connectivity index (χ4v) is 3.15. The maximum Gasteiger partial charge on any atom is 0.249 e. The van der Waals surface area contributed by atoms with E-state index in [4.69, 9.17) is 4.52 Å². The third kappa shape index (κ3) is 3.03. The third-order valence-corrected chi connectivity index (χ3v) is 4.60. The topological polar surface area (TPSA) is 72.1 Å². The lowest BCUT2D eigenvalue weighted by Crippen LogP contribution is -2.27. The normalized spacial score (nSPS) is 17.2. The molecule has 1 amide bonds. The molecule has 0 saturated carbocycles. The van der Waals surface area contributed by atoms with Crippen LogP contribution < -0.4 is 0 Å². The van der Waals surface area contributed by atoms with Crippen LogP contribution in [0, 0.1) is 6.92 Å². The van der Waals surface area contributed by atoms with Gasteiger partial charge in [-0.15, -0.1) is 0 Å². The van der Waals surface area contributed by atoms with E-state index < -0.39 is 0 Å². The molecule has 4 rings (SSSR count). The van der Waals surface area contributed by atoms with Crippen molar-refractivity contribution in [1.82, 2.24) is 20.0 Å². The van der Waals surface area contributed by atoms with Crippen LogP contribution in [0.5, 0.6) is 0 Å². The van der Waals surface area contributed by atoms with Gasteiger partial charge in [0.15, 0.2) is 0 Å². The van der Waals surface area contributed by atoms with E-state index in [-0.39, 0.29) is 11.9 Å². The fraction of sp³-hybridized carbons (Fsp3) is 0.263. The SMILES string of the molecule is Cc1ccccc1CN1C(=O)CCC1c1nc(-c2ccncc2)no1. The van der Waals surface area contributed by atoms with Crippen LogP contribution in [-0.4, -0.2) is 25.9 Å². The highest BCUT2D eigenvalue weighted by Gasteiger charge is 2.36. The summed E-state index contributed by atoms with van der Waals surface area (Å²) in [7, 11) is 0. The van der Waals surface area contributed by atoms with Gasteiger partial charge in [0.1, 0.15) is 6.04 Å². The summed E-state index contributed by atoms with van der Waals surface area (Å²) < 4.78 is 5.47. The minimum atomic E-state index is -0.171. The van der Waals surface area contributed by atoms with Crippen LogP contribution in [0.4, 0.5) is 0 Å². The van der Waals surface area contributed by atoms with E-state index in [2.05, 4.69) is 28.1 Å². The molecule has 6 heteroatoms. The number of aromatic nitrogens is 3. The first-order valence-corrected chi connectivity index (χ1v) is 8.30. The second-order valence-corrected chi connectivity index (χ2v) is 6.19. The summed E-state index contributed by atoms with van der Waals surface area (Å²) in [6, 6.07) is 11.6. The highest BCUT2D eigenvalue weighted by atomic mass is 16.5. The summed E-state index contributed by atoms with van der Waals surface area (Å²) in [5, 5.41) is 4.06. The summed E-state index contributed by atoms with van der Waals surface area (Å²) in [6.07, 6.45) is 4.58. The van der Waals surface area contributed by atoms with Crippen molar-refractivity contribution in [3.63, 3.8) is 0 Å². The Morgan fingerprint density at radius 3 is 2.80 bits per heavy atom. The summed E-state index contributed by atoms with van der Waals surface area (Å²) in [5.74, 6) is 1.13. The van der Waals surface area contributed by atoms with Crippen molar-refractivity contribution in [2.45, 2.75) is 32.4 Å². The van der Waals surface area contributed by atoms with Crippen molar-refractivity contribution in [3.05, 3.63) is 65.8 Å². The van der Waals surface area contributed by atoms with Crippen LogP contribution in [0.25, 0.3) is 11.4 Å². The van der Waals surface area contributed by atoms with E-state index in [1.54, 1.807) is 12.4 Å². The second kappa shape index (κ2) is 6.47. The summed E-state index contributed by atoms with van der Waals surface area (Å²) in [6.45, 7) is 2.61. The highest BCUT2D eigenvalue weighted by Crippen LogP contribution is 2.34. The lowest BCUT2D eigenvalue weighted by molar-refractivity contribution is -0.130. The van der Waals surface area contributed by atoms with Crippen LogP contribution in [-0.2, 0) is 11.3 Å². The van der Waals surface area contributed by atoms with Crippen molar-refractivity contribution in [2.24, 2.45) is 0 Å². The standard InChI is InChI=1S/C19H18N4O2/c1-13-4-2-3-5-15(13)12-23-16(6-7-17(23)24)19-21-18(22-25-19)14-8-10-20-11-9-14/h2-5,8-11,16H,6-7,12H2,1H3. The van der Waals surface area contributed by atoms with Gasteiger partial charge >= 0.3 is 0 Å². The number of aryl methyl sites for hydroxylation is 1. The van der Waals surface area contributed by atoms with Gasteiger partial charge in [0.2, 0.25) is 17.6 Å². The number of rotatable bonds is 4. The van der Waals surface area contributed by atoms with Gasteiger partial charge in [0.05, 0.1) is 0 Å². The Labute approximate surface area is 145 Å². The maximum atomic E-state index is 12.4. The van der Waals surface area contributed by atoms with E-state index in [0.29, 0.717) is 31.1 Å². The average molecular weight is 334 g/mol. The van der Waals surface area contributed by atoms with E-state index in [0.717, 1.165) is 11.1 Å². The Balaban J connectivity index is 1.60. The highest BCUT2D eigenvalue weighted by molar-refractivity contribution is 5.79. The van der Waals surface area contributed by atoms with Crippen LogP contribution in [0.3, 0.4) is 0 Å². The molecule has 0 N–H and O–H groups in total. The van der Waals surface area contributed by atoms with Gasteiger partial charge in [-0.25, -0.2) is 0 Å². The lowest BCUT2D eigenvalue weighted by atomic mass is 10.1. The monoisotopic (exact) mass is 334 g/mol. The quantitative estimate of drug-likeness (QED) is 0.732. The number of likely N-dealkylation sites (tertiary alicyclic amines) is 1. The molecule has 25 heavy (non-hydrogen) atoms. The van der Waals surface area contributed by atoms with Crippen LogP contribution in [0.15, 0.2) is 53.3 Å². The molecule has 3 aromatic rings. The predicted molar refractivity (Wildman–Crippen MR) is 91.2 cm³/mol. The van der Waals surface area contributed by atoms with Gasteiger partial charge < -0.3 is 9.42 Å². The first kappa shape index (κ1) is 15.5. The molecule has 3 heterocycles. The van der Waals surface area contributed by atoms with Gasteiger partial charge in [-0.1, -0.05) is 29.4 Å².